The minimum atomic E-state index is 0.193. The van der Waals surface area contributed by atoms with Crippen molar-refractivity contribution in [2.24, 2.45) is 0 Å². The van der Waals surface area contributed by atoms with Crippen LogP contribution >= 0.6 is 0 Å². The van der Waals surface area contributed by atoms with Gasteiger partial charge in [-0.25, -0.2) is 0 Å². The topological polar surface area (TPSA) is 33.2 Å². The van der Waals surface area contributed by atoms with E-state index in [1.54, 1.807) is 17.3 Å². The van der Waals surface area contributed by atoms with Gasteiger partial charge in [0.05, 0.1) is 11.9 Å². The molecule has 0 aliphatic carbocycles. The van der Waals surface area contributed by atoms with Crippen LogP contribution in [0.3, 0.4) is 0 Å². The monoisotopic (exact) mass is 148 g/mol. The molecule has 0 atom stereocenters. The zero-order chi connectivity index (χ0) is 7.68. The summed E-state index contributed by atoms with van der Waals surface area (Å²) in [5, 5.41) is 0. The van der Waals surface area contributed by atoms with Crippen LogP contribution in [-0.2, 0) is 4.79 Å². The highest BCUT2D eigenvalue weighted by molar-refractivity contribution is 5.99. The zero-order valence-electron chi connectivity index (χ0n) is 6.03. The molecule has 0 bridgehead atoms. The Bertz CT molecular complexity index is 271. The quantitative estimate of drug-likeness (QED) is 0.552. The third kappa shape index (κ3) is 0.981. The Labute approximate surface area is 64.7 Å². The van der Waals surface area contributed by atoms with Gasteiger partial charge in [0.2, 0.25) is 5.91 Å². The van der Waals surface area contributed by atoms with Crippen molar-refractivity contribution in [2.45, 2.75) is 6.42 Å². The van der Waals surface area contributed by atoms with E-state index in [-0.39, 0.29) is 5.91 Å². The molecule has 11 heavy (non-hydrogen) atoms. The number of amides is 1. The van der Waals surface area contributed by atoms with Crippen molar-refractivity contribution in [3.05, 3.63) is 24.5 Å². The molecular weight excluding hydrogens is 140 g/mol. The summed E-state index contributed by atoms with van der Waals surface area (Å²) in [6.07, 6.45) is 4.08. The molecule has 56 valence electrons. The van der Waals surface area contributed by atoms with Gasteiger partial charge in [-0.05, 0) is 12.1 Å². The van der Waals surface area contributed by atoms with Gasteiger partial charge in [0.25, 0.3) is 0 Å². The van der Waals surface area contributed by atoms with Crippen LogP contribution in [0.1, 0.15) is 6.42 Å². The van der Waals surface area contributed by atoms with Crippen LogP contribution in [0.15, 0.2) is 24.5 Å². The second kappa shape index (κ2) is 2.34. The molecule has 0 aromatic carbocycles. The molecule has 1 fully saturated rings. The zero-order valence-corrected chi connectivity index (χ0v) is 6.03. The van der Waals surface area contributed by atoms with Crippen molar-refractivity contribution in [1.82, 2.24) is 4.98 Å². The van der Waals surface area contributed by atoms with E-state index in [0.29, 0.717) is 6.42 Å². The van der Waals surface area contributed by atoms with Gasteiger partial charge < -0.3 is 4.90 Å². The summed E-state index contributed by atoms with van der Waals surface area (Å²) < 4.78 is 0. The number of hydrogen-bond donors (Lipinski definition) is 0. The summed E-state index contributed by atoms with van der Waals surface area (Å²) in [6.45, 7) is 0.838. The highest BCUT2D eigenvalue weighted by Gasteiger charge is 2.24. The predicted octanol–water partition coefficient (Wildman–Crippen LogP) is 0.818. The van der Waals surface area contributed by atoms with Crippen molar-refractivity contribution >= 4 is 11.6 Å². The van der Waals surface area contributed by atoms with E-state index in [1.165, 1.54) is 0 Å². The highest BCUT2D eigenvalue weighted by Crippen LogP contribution is 2.19. The van der Waals surface area contributed by atoms with Gasteiger partial charge >= 0.3 is 0 Å². The van der Waals surface area contributed by atoms with E-state index in [0.717, 1.165) is 12.2 Å². The maximum absolute atomic E-state index is 10.9. The summed E-state index contributed by atoms with van der Waals surface area (Å²) in [4.78, 5) is 16.6. The number of hydrogen-bond acceptors (Lipinski definition) is 2. The number of carbonyl (C=O) groups is 1. The van der Waals surface area contributed by atoms with Crippen LogP contribution in [-0.4, -0.2) is 17.4 Å². The Hall–Kier alpha value is -1.38. The normalized spacial score (nSPS) is 16.4. The SMILES string of the molecule is O=C1CCN1c1cccnc1. The molecule has 3 nitrogen and oxygen atoms in total. The molecule has 1 aromatic heterocycles. The van der Waals surface area contributed by atoms with Crippen LogP contribution in [0.4, 0.5) is 5.69 Å². The van der Waals surface area contributed by atoms with Gasteiger partial charge in [-0.15, -0.1) is 0 Å². The summed E-state index contributed by atoms with van der Waals surface area (Å²) in [6, 6.07) is 3.73. The first-order chi connectivity index (χ1) is 5.38. The van der Waals surface area contributed by atoms with Crippen molar-refractivity contribution in [1.29, 1.82) is 0 Å². The van der Waals surface area contributed by atoms with E-state index in [9.17, 15) is 4.79 Å². The number of nitrogens with zero attached hydrogens (tertiary/aromatic N) is 2. The van der Waals surface area contributed by atoms with Gasteiger partial charge in [-0.3, -0.25) is 9.78 Å². The van der Waals surface area contributed by atoms with Crippen molar-refractivity contribution < 1.29 is 4.79 Å². The van der Waals surface area contributed by atoms with Crippen LogP contribution in [0.5, 0.6) is 0 Å². The molecular formula is C8H8N2O. The van der Waals surface area contributed by atoms with E-state index in [1.807, 2.05) is 12.1 Å². The van der Waals surface area contributed by atoms with Crippen LogP contribution in [0, 0.1) is 0 Å². The number of pyridine rings is 1. The summed E-state index contributed by atoms with van der Waals surface area (Å²) in [7, 11) is 0. The molecule has 3 heteroatoms. The average Bonchev–Trinajstić information content (AvgIpc) is 2.04. The Kier molecular flexibility index (Phi) is 1.35. The van der Waals surface area contributed by atoms with Gasteiger partial charge in [-0.1, -0.05) is 0 Å². The second-order valence-electron chi connectivity index (χ2n) is 2.51. The largest absolute Gasteiger partial charge is 0.310 e. The number of aromatic nitrogens is 1. The Morgan fingerprint density at radius 2 is 2.45 bits per heavy atom. The van der Waals surface area contributed by atoms with Crippen molar-refractivity contribution in [3.63, 3.8) is 0 Å². The molecule has 1 aliphatic rings. The summed E-state index contributed by atoms with van der Waals surface area (Å²) in [5.41, 5.74) is 0.906. The van der Waals surface area contributed by atoms with Crippen LogP contribution in [0.25, 0.3) is 0 Å². The fraction of sp³-hybridized carbons (Fsp3) is 0.250. The summed E-state index contributed by atoms with van der Waals surface area (Å²) >= 11 is 0. The Morgan fingerprint density at radius 1 is 1.55 bits per heavy atom. The van der Waals surface area contributed by atoms with Crippen LogP contribution < -0.4 is 4.90 Å². The van der Waals surface area contributed by atoms with Crippen LogP contribution in [0.2, 0.25) is 0 Å². The Morgan fingerprint density at radius 3 is 2.91 bits per heavy atom. The minimum absolute atomic E-state index is 0.193. The smallest absolute Gasteiger partial charge is 0.228 e. The molecule has 0 unspecified atom stereocenters. The third-order valence-corrected chi connectivity index (χ3v) is 1.81. The first-order valence-electron chi connectivity index (χ1n) is 3.58. The minimum Gasteiger partial charge on any atom is -0.310 e. The van der Waals surface area contributed by atoms with E-state index < -0.39 is 0 Å². The number of rotatable bonds is 1. The molecule has 0 spiro atoms. The first kappa shape index (κ1) is 6.34. The van der Waals surface area contributed by atoms with E-state index in [4.69, 9.17) is 0 Å². The molecule has 0 saturated carbocycles. The molecule has 0 N–H and O–H groups in total. The molecule has 0 radical (unpaired) electrons. The first-order valence-corrected chi connectivity index (χ1v) is 3.58. The second-order valence-corrected chi connectivity index (χ2v) is 2.51. The number of carbonyl (C=O) groups excluding carboxylic acids is 1. The molecule has 2 rings (SSSR count). The molecule has 1 saturated heterocycles. The molecule has 1 amide bonds. The molecule has 1 aromatic rings. The lowest BCUT2D eigenvalue weighted by atomic mass is 10.2. The van der Waals surface area contributed by atoms with Crippen molar-refractivity contribution in [2.75, 3.05) is 11.4 Å². The standard InChI is InChI=1S/C8H8N2O/c11-8-3-5-10(8)7-2-1-4-9-6-7/h1-2,4,6H,3,5H2. The van der Waals surface area contributed by atoms with Crippen molar-refractivity contribution in [3.8, 4) is 0 Å². The molecule has 2 heterocycles. The number of β-lactam (4-membered cyclic amide) rings is 1. The Balaban J connectivity index is 2.23. The third-order valence-electron chi connectivity index (χ3n) is 1.81. The lowest BCUT2D eigenvalue weighted by molar-refractivity contribution is -0.122. The van der Waals surface area contributed by atoms with E-state index in [2.05, 4.69) is 4.98 Å². The lowest BCUT2D eigenvalue weighted by Crippen LogP contribution is -2.43. The lowest BCUT2D eigenvalue weighted by Gasteiger charge is -2.30. The number of anilines is 1. The fourth-order valence-corrected chi connectivity index (χ4v) is 1.10. The average molecular weight is 148 g/mol. The van der Waals surface area contributed by atoms with Gasteiger partial charge in [0.1, 0.15) is 0 Å². The maximum atomic E-state index is 10.9. The van der Waals surface area contributed by atoms with Gasteiger partial charge in [0.15, 0.2) is 0 Å². The maximum Gasteiger partial charge on any atom is 0.228 e. The molecule has 1 aliphatic heterocycles. The van der Waals surface area contributed by atoms with E-state index >= 15 is 0 Å². The van der Waals surface area contributed by atoms with Gasteiger partial charge in [-0.2, -0.15) is 0 Å². The summed E-state index contributed by atoms with van der Waals surface area (Å²) in [5.74, 6) is 0.193. The highest BCUT2D eigenvalue weighted by atomic mass is 16.2. The fourth-order valence-electron chi connectivity index (χ4n) is 1.10. The van der Waals surface area contributed by atoms with Gasteiger partial charge in [0, 0.05) is 19.2 Å². The predicted molar refractivity (Wildman–Crippen MR) is 41.2 cm³/mol.